The van der Waals surface area contributed by atoms with Gasteiger partial charge in [-0.05, 0) is 46.8 Å². The number of amides is 4. The molecule has 2 rings (SSSR count). The Labute approximate surface area is 150 Å². The molecule has 0 spiro atoms. The molecular weight excluding hydrogens is 342 g/mol. The van der Waals surface area contributed by atoms with Crippen molar-refractivity contribution in [2.24, 2.45) is 0 Å². The van der Waals surface area contributed by atoms with Crippen molar-refractivity contribution in [3.63, 3.8) is 0 Å². The minimum atomic E-state index is -1.62. The Bertz CT molecular complexity index is 731. The Morgan fingerprint density at radius 1 is 0.923 bits per heavy atom. The molecule has 0 unspecified atom stereocenters. The third-order valence-electron chi connectivity index (χ3n) is 3.30. The molecule has 4 amide bonds. The molecule has 0 aliphatic carbocycles. The summed E-state index contributed by atoms with van der Waals surface area (Å²) in [4.78, 5) is 53.7. The van der Waals surface area contributed by atoms with Crippen LogP contribution in [0.1, 0.15) is 55.3 Å². The van der Waals surface area contributed by atoms with Gasteiger partial charge in [-0.1, -0.05) is 12.1 Å². The second-order valence-electron chi connectivity index (χ2n) is 7.13. The van der Waals surface area contributed by atoms with Crippen molar-refractivity contribution in [1.82, 2.24) is 15.9 Å². The van der Waals surface area contributed by atoms with E-state index in [2.05, 4.69) is 10.9 Å². The predicted octanol–water partition coefficient (Wildman–Crippen LogP) is 1.55. The van der Waals surface area contributed by atoms with Crippen LogP contribution in [0.3, 0.4) is 0 Å². The number of nitrogens with one attached hydrogen (secondary N) is 2. The monoisotopic (exact) mass is 363 g/mol. The summed E-state index contributed by atoms with van der Waals surface area (Å²) < 4.78 is 4.99. The predicted molar refractivity (Wildman–Crippen MR) is 89.6 cm³/mol. The fourth-order valence-corrected chi connectivity index (χ4v) is 2.08. The Morgan fingerprint density at radius 3 is 1.88 bits per heavy atom. The van der Waals surface area contributed by atoms with Gasteiger partial charge in [0.15, 0.2) is 5.60 Å². The molecule has 0 saturated heterocycles. The number of hydrazine groups is 1. The Balaban J connectivity index is 2.00. The van der Waals surface area contributed by atoms with Crippen molar-refractivity contribution >= 4 is 23.8 Å². The third-order valence-corrected chi connectivity index (χ3v) is 3.30. The number of fused-ring (bicyclic) bond motifs is 1. The lowest BCUT2D eigenvalue weighted by Crippen LogP contribution is -2.55. The zero-order valence-electron chi connectivity index (χ0n) is 15.2. The van der Waals surface area contributed by atoms with Crippen LogP contribution in [0.15, 0.2) is 24.3 Å². The van der Waals surface area contributed by atoms with Gasteiger partial charge in [0.1, 0.15) is 5.60 Å². The molecule has 9 heteroatoms. The largest absolute Gasteiger partial charge is 0.443 e. The molecule has 0 radical (unpaired) electrons. The fourth-order valence-electron chi connectivity index (χ4n) is 2.08. The van der Waals surface area contributed by atoms with Crippen LogP contribution in [0.4, 0.5) is 4.79 Å². The minimum Gasteiger partial charge on any atom is -0.443 e. The van der Waals surface area contributed by atoms with E-state index in [0.717, 1.165) is 0 Å². The van der Waals surface area contributed by atoms with E-state index in [1.807, 2.05) is 0 Å². The molecule has 0 fully saturated rings. The summed E-state index contributed by atoms with van der Waals surface area (Å²) in [5, 5.41) is 0.539. The maximum Gasteiger partial charge on any atom is 0.426 e. The summed E-state index contributed by atoms with van der Waals surface area (Å²) in [5.74, 6) is -2.10. The topological polar surface area (TPSA) is 114 Å². The molecular formula is C17H21N3O6. The lowest BCUT2D eigenvalue weighted by molar-refractivity contribution is -0.186. The number of benzene rings is 1. The number of hydrogen-bond donors (Lipinski definition) is 2. The minimum absolute atomic E-state index is 0.195. The van der Waals surface area contributed by atoms with Gasteiger partial charge < -0.3 is 4.74 Å². The lowest BCUT2D eigenvalue weighted by Gasteiger charge is -2.27. The first-order chi connectivity index (χ1) is 11.9. The van der Waals surface area contributed by atoms with Gasteiger partial charge >= 0.3 is 6.09 Å². The van der Waals surface area contributed by atoms with E-state index in [9.17, 15) is 19.2 Å². The van der Waals surface area contributed by atoms with Gasteiger partial charge in [-0.15, -0.1) is 5.06 Å². The van der Waals surface area contributed by atoms with Crippen LogP contribution in [0.5, 0.6) is 0 Å². The van der Waals surface area contributed by atoms with E-state index in [1.165, 1.54) is 26.0 Å². The maximum atomic E-state index is 12.3. The van der Waals surface area contributed by atoms with Gasteiger partial charge in [-0.2, -0.15) is 0 Å². The first-order valence-electron chi connectivity index (χ1n) is 7.89. The smallest absolute Gasteiger partial charge is 0.426 e. The maximum absolute atomic E-state index is 12.3. The molecule has 9 nitrogen and oxygen atoms in total. The van der Waals surface area contributed by atoms with Crippen LogP contribution < -0.4 is 10.9 Å². The Hall–Kier alpha value is -2.94. The molecule has 1 heterocycles. The molecule has 1 aliphatic rings. The van der Waals surface area contributed by atoms with Gasteiger partial charge in [-0.25, -0.2) is 15.1 Å². The molecule has 1 aromatic carbocycles. The Morgan fingerprint density at radius 2 is 1.42 bits per heavy atom. The second kappa shape index (κ2) is 6.75. The molecule has 2 N–H and O–H groups in total. The van der Waals surface area contributed by atoms with Gasteiger partial charge in [-0.3, -0.25) is 19.8 Å². The SMILES string of the molecule is CC(C)(C)OC(=O)NNC(=O)C(C)(C)ON1C(=O)c2ccccc2C1=O. The first-order valence-corrected chi connectivity index (χ1v) is 7.89. The molecule has 26 heavy (non-hydrogen) atoms. The van der Waals surface area contributed by atoms with Crippen LogP contribution in [0.2, 0.25) is 0 Å². The van der Waals surface area contributed by atoms with Crippen molar-refractivity contribution in [2.45, 2.75) is 45.8 Å². The summed E-state index contributed by atoms with van der Waals surface area (Å²) in [6.45, 7) is 7.71. The highest BCUT2D eigenvalue weighted by Crippen LogP contribution is 2.25. The number of imide groups is 1. The Kier molecular flexibility index (Phi) is 5.04. The number of carbonyl (C=O) groups excluding carboxylic acids is 4. The van der Waals surface area contributed by atoms with Crippen LogP contribution in [-0.4, -0.2) is 40.1 Å². The fraction of sp³-hybridized carbons (Fsp3) is 0.412. The summed E-state index contributed by atoms with van der Waals surface area (Å²) >= 11 is 0. The van der Waals surface area contributed by atoms with E-state index < -0.39 is 35.0 Å². The van der Waals surface area contributed by atoms with Crippen molar-refractivity contribution in [3.05, 3.63) is 35.4 Å². The van der Waals surface area contributed by atoms with E-state index >= 15 is 0 Å². The zero-order valence-corrected chi connectivity index (χ0v) is 15.2. The van der Waals surface area contributed by atoms with Gasteiger partial charge in [0, 0.05) is 0 Å². The quantitative estimate of drug-likeness (QED) is 0.622. The highest BCUT2D eigenvalue weighted by atomic mass is 16.7. The molecule has 1 aliphatic heterocycles. The van der Waals surface area contributed by atoms with Crippen LogP contribution >= 0.6 is 0 Å². The van der Waals surface area contributed by atoms with Gasteiger partial charge in [0.2, 0.25) is 0 Å². The first kappa shape index (κ1) is 19.4. The number of carbonyl (C=O) groups is 4. The van der Waals surface area contributed by atoms with Crippen molar-refractivity contribution < 1.29 is 28.8 Å². The van der Waals surface area contributed by atoms with E-state index in [4.69, 9.17) is 9.57 Å². The molecule has 1 aromatic rings. The van der Waals surface area contributed by atoms with E-state index in [0.29, 0.717) is 5.06 Å². The summed E-state index contributed by atoms with van der Waals surface area (Å²) in [7, 11) is 0. The van der Waals surface area contributed by atoms with Crippen LogP contribution in [0.25, 0.3) is 0 Å². The summed E-state index contributed by atoms with van der Waals surface area (Å²) in [6, 6.07) is 6.23. The molecule has 0 aromatic heterocycles. The molecule has 140 valence electrons. The van der Waals surface area contributed by atoms with Gasteiger partial charge in [0.05, 0.1) is 11.1 Å². The van der Waals surface area contributed by atoms with E-state index in [-0.39, 0.29) is 11.1 Å². The highest BCUT2D eigenvalue weighted by molar-refractivity contribution is 6.20. The average Bonchev–Trinajstić information content (AvgIpc) is 2.76. The molecule has 0 bridgehead atoms. The lowest BCUT2D eigenvalue weighted by atomic mass is 10.1. The second-order valence-corrected chi connectivity index (χ2v) is 7.13. The average molecular weight is 363 g/mol. The molecule has 0 atom stereocenters. The van der Waals surface area contributed by atoms with Crippen molar-refractivity contribution in [3.8, 4) is 0 Å². The van der Waals surface area contributed by atoms with Crippen molar-refractivity contribution in [1.29, 1.82) is 0 Å². The van der Waals surface area contributed by atoms with Gasteiger partial charge in [0.25, 0.3) is 17.7 Å². The normalized spacial score (nSPS) is 14.1. The summed E-state index contributed by atoms with van der Waals surface area (Å²) in [6.07, 6.45) is -0.859. The number of ether oxygens (including phenoxy) is 1. The number of rotatable bonds is 3. The number of hydrogen-bond acceptors (Lipinski definition) is 6. The number of nitrogens with zero attached hydrogens (tertiary/aromatic N) is 1. The summed E-state index contributed by atoms with van der Waals surface area (Å²) in [5.41, 5.74) is 2.25. The zero-order chi connectivity index (χ0) is 19.7. The standard InChI is InChI=1S/C17H21N3O6/c1-16(2,3)25-15(24)19-18-14(23)17(4,5)26-20-12(21)10-8-6-7-9-11(10)13(20)22/h6-9H,1-5H3,(H,18,23)(H,19,24). The number of hydroxylamine groups is 2. The molecule has 0 saturated carbocycles. The van der Waals surface area contributed by atoms with E-state index in [1.54, 1.807) is 32.9 Å². The highest BCUT2D eigenvalue weighted by Gasteiger charge is 2.42. The van der Waals surface area contributed by atoms with Crippen LogP contribution in [-0.2, 0) is 14.4 Å². The third kappa shape index (κ3) is 4.17. The van der Waals surface area contributed by atoms with Crippen LogP contribution in [0, 0.1) is 0 Å². The van der Waals surface area contributed by atoms with Crippen molar-refractivity contribution in [2.75, 3.05) is 0 Å².